The summed E-state index contributed by atoms with van der Waals surface area (Å²) in [5.74, 6) is 1.28. The van der Waals surface area contributed by atoms with Crippen molar-refractivity contribution >= 4 is 0 Å². The smallest absolute Gasteiger partial charge is 0.180 e. The van der Waals surface area contributed by atoms with E-state index in [1.807, 2.05) is 16.8 Å². The minimum atomic E-state index is 0.0257. The maximum absolute atomic E-state index is 9.04. The average Bonchev–Trinajstić information content (AvgIpc) is 3.16. The molecule has 3 aromatic heterocycles. The van der Waals surface area contributed by atoms with Gasteiger partial charge in [-0.3, -0.25) is 4.98 Å². The molecule has 0 saturated heterocycles. The van der Waals surface area contributed by atoms with E-state index < -0.39 is 0 Å². The molecule has 114 valence electrons. The molecule has 0 fully saturated rings. The minimum absolute atomic E-state index is 0.0257. The first-order chi connectivity index (χ1) is 10.8. The lowest BCUT2D eigenvalue weighted by atomic mass is 10.4. The van der Waals surface area contributed by atoms with E-state index in [-0.39, 0.29) is 6.61 Å². The van der Waals surface area contributed by atoms with Crippen LogP contribution in [0.25, 0.3) is 17.2 Å². The number of pyridine rings is 1. The molecule has 0 aliphatic carbocycles. The molecule has 0 radical (unpaired) electrons. The van der Waals surface area contributed by atoms with Crippen molar-refractivity contribution in [2.24, 2.45) is 0 Å². The Bertz CT molecular complexity index is 735. The first-order valence-electron chi connectivity index (χ1n) is 7.19. The standard InChI is InChI=1S/C14H17N7O/c1-2-7-20-14(16-13(18-20)5-8-22)12-10-21(19-17-12)11-4-3-6-15-9-11/h3-4,6,9-10,22H,2,5,7-8H2,1H3. The lowest BCUT2D eigenvalue weighted by Crippen LogP contribution is -2.02. The molecule has 22 heavy (non-hydrogen) atoms. The van der Waals surface area contributed by atoms with Gasteiger partial charge in [-0.05, 0) is 18.6 Å². The van der Waals surface area contributed by atoms with Crippen LogP contribution in [0.5, 0.6) is 0 Å². The number of aromatic nitrogens is 7. The number of nitrogens with zero attached hydrogens (tertiary/aromatic N) is 7. The largest absolute Gasteiger partial charge is 0.396 e. The molecule has 0 atom stereocenters. The van der Waals surface area contributed by atoms with Gasteiger partial charge < -0.3 is 5.11 Å². The van der Waals surface area contributed by atoms with Gasteiger partial charge in [0, 0.05) is 19.2 Å². The summed E-state index contributed by atoms with van der Waals surface area (Å²) in [6.45, 7) is 2.84. The predicted molar refractivity (Wildman–Crippen MR) is 79.3 cm³/mol. The van der Waals surface area contributed by atoms with Gasteiger partial charge >= 0.3 is 0 Å². The molecule has 3 aromatic rings. The molecule has 0 spiro atoms. The van der Waals surface area contributed by atoms with Crippen LogP contribution in [-0.4, -0.2) is 46.5 Å². The summed E-state index contributed by atoms with van der Waals surface area (Å²) in [4.78, 5) is 8.53. The van der Waals surface area contributed by atoms with Crippen molar-refractivity contribution in [2.45, 2.75) is 26.3 Å². The highest BCUT2D eigenvalue weighted by Crippen LogP contribution is 2.16. The Morgan fingerprint density at radius 1 is 1.32 bits per heavy atom. The third-order valence-electron chi connectivity index (χ3n) is 3.12. The van der Waals surface area contributed by atoms with E-state index in [2.05, 4.69) is 32.3 Å². The van der Waals surface area contributed by atoms with Gasteiger partial charge in [0.05, 0.1) is 24.7 Å². The van der Waals surface area contributed by atoms with E-state index in [1.54, 1.807) is 23.3 Å². The Balaban J connectivity index is 1.95. The highest BCUT2D eigenvalue weighted by Gasteiger charge is 2.15. The Labute approximate surface area is 127 Å². The zero-order chi connectivity index (χ0) is 15.4. The molecule has 0 amide bonds. The molecule has 0 aromatic carbocycles. The summed E-state index contributed by atoms with van der Waals surface area (Å²) in [6.07, 6.45) is 6.59. The highest BCUT2D eigenvalue weighted by atomic mass is 16.3. The van der Waals surface area contributed by atoms with Crippen LogP contribution in [0.2, 0.25) is 0 Å². The Hall–Kier alpha value is -2.61. The second-order valence-electron chi connectivity index (χ2n) is 4.81. The van der Waals surface area contributed by atoms with Crippen LogP contribution in [0, 0.1) is 0 Å². The van der Waals surface area contributed by atoms with Gasteiger partial charge in [-0.2, -0.15) is 5.10 Å². The molecular formula is C14H17N7O. The van der Waals surface area contributed by atoms with E-state index in [0.29, 0.717) is 23.8 Å². The molecular weight excluding hydrogens is 282 g/mol. The second-order valence-corrected chi connectivity index (χ2v) is 4.81. The van der Waals surface area contributed by atoms with Crippen molar-refractivity contribution < 1.29 is 5.11 Å². The molecule has 3 heterocycles. The van der Waals surface area contributed by atoms with Gasteiger partial charge in [0.25, 0.3) is 0 Å². The van der Waals surface area contributed by atoms with Crippen molar-refractivity contribution in [3.05, 3.63) is 36.5 Å². The maximum atomic E-state index is 9.04. The van der Waals surface area contributed by atoms with Crippen molar-refractivity contribution in [3.8, 4) is 17.2 Å². The number of hydrogen-bond acceptors (Lipinski definition) is 6. The zero-order valence-corrected chi connectivity index (χ0v) is 12.3. The fourth-order valence-electron chi connectivity index (χ4n) is 2.13. The first kappa shape index (κ1) is 14.3. The van der Waals surface area contributed by atoms with E-state index in [1.165, 1.54) is 0 Å². The summed E-state index contributed by atoms with van der Waals surface area (Å²) in [7, 11) is 0. The Kier molecular flexibility index (Phi) is 4.19. The van der Waals surface area contributed by atoms with Crippen molar-refractivity contribution in [3.63, 3.8) is 0 Å². The number of rotatable bonds is 6. The average molecular weight is 299 g/mol. The quantitative estimate of drug-likeness (QED) is 0.725. The van der Waals surface area contributed by atoms with Crippen molar-refractivity contribution in [1.29, 1.82) is 0 Å². The van der Waals surface area contributed by atoms with E-state index in [9.17, 15) is 0 Å². The lowest BCUT2D eigenvalue weighted by molar-refractivity contribution is 0.296. The summed E-state index contributed by atoms with van der Waals surface area (Å²) in [5.41, 5.74) is 1.48. The molecule has 8 heteroatoms. The molecule has 1 N–H and O–H groups in total. The van der Waals surface area contributed by atoms with Crippen LogP contribution >= 0.6 is 0 Å². The molecule has 0 bridgehead atoms. The van der Waals surface area contributed by atoms with Crippen LogP contribution < -0.4 is 0 Å². The molecule has 0 aliphatic heterocycles. The number of hydrogen-bond donors (Lipinski definition) is 1. The fourth-order valence-corrected chi connectivity index (χ4v) is 2.13. The van der Waals surface area contributed by atoms with Gasteiger partial charge in [-0.15, -0.1) is 5.10 Å². The molecule has 0 saturated carbocycles. The number of aryl methyl sites for hydroxylation is 1. The van der Waals surface area contributed by atoms with E-state index in [0.717, 1.165) is 18.7 Å². The summed E-state index contributed by atoms with van der Waals surface area (Å²) >= 11 is 0. The Morgan fingerprint density at radius 3 is 2.95 bits per heavy atom. The van der Waals surface area contributed by atoms with Crippen LogP contribution in [0.1, 0.15) is 19.2 Å². The first-order valence-corrected chi connectivity index (χ1v) is 7.19. The van der Waals surface area contributed by atoms with Crippen LogP contribution in [-0.2, 0) is 13.0 Å². The minimum Gasteiger partial charge on any atom is -0.396 e. The third-order valence-corrected chi connectivity index (χ3v) is 3.12. The zero-order valence-electron chi connectivity index (χ0n) is 12.3. The normalized spacial score (nSPS) is 11.0. The second kappa shape index (κ2) is 6.44. The van der Waals surface area contributed by atoms with Crippen LogP contribution in [0.15, 0.2) is 30.7 Å². The van der Waals surface area contributed by atoms with Gasteiger partial charge in [0.1, 0.15) is 0 Å². The van der Waals surface area contributed by atoms with E-state index >= 15 is 0 Å². The van der Waals surface area contributed by atoms with Crippen molar-refractivity contribution in [2.75, 3.05) is 6.61 Å². The topological polar surface area (TPSA) is 94.5 Å². The third kappa shape index (κ3) is 2.86. The highest BCUT2D eigenvalue weighted by molar-refractivity contribution is 5.48. The fraction of sp³-hybridized carbons (Fsp3) is 0.357. The Morgan fingerprint density at radius 2 is 2.23 bits per heavy atom. The predicted octanol–water partition coefficient (Wildman–Crippen LogP) is 0.866. The van der Waals surface area contributed by atoms with Crippen LogP contribution in [0.4, 0.5) is 0 Å². The van der Waals surface area contributed by atoms with Gasteiger partial charge in [-0.25, -0.2) is 14.3 Å². The van der Waals surface area contributed by atoms with Gasteiger partial charge in [-0.1, -0.05) is 12.1 Å². The monoisotopic (exact) mass is 299 g/mol. The molecule has 3 rings (SSSR count). The van der Waals surface area contributed by atoms with Gasteiger partial charge in [0.2, 0.25) is 0 Å². The lowest BCUT2D eigenvalue weighted by Gasteiger charge is -2.00. The number of aliphatic hydroxyl groups excluding tert-OH is 1. The molecule has 0 aliphatic rings. The molecule has 0 unspecified atom stereocenters. The van der Waals surface area contributed by atoms with Crippen molar-refractivity contribution in [1.82, 2.24) is 34.7 Å². The van der Waals surface area contributed by atoms with Crippen LogP contribution in [0.3, 0.4) is 0 Å². The summed E-state index contributed by atoms with van der Waals surface area (Å²) in [5, 5.41) is 21.7. The maximum Gasteiger partial charge on any atom is 0.180 e. The SMILES string of the molecule is CCCn1nc(CCO)nc1-c1cn(-c2cccnc2)nn1. The van der Waals surface area contributed by atoms with E-state index in [4.69, 9.17) is 5.11 Å². The summed E-state index contributed by atoms with van der Waals surface area (Å²) in [6, 6.07) is 3.75. The summed E-state index contributed by atoms with van der Waals surface area (Å²) < 4.78 is 3.46. The van der Waals surface area contributed by atoms with Gasteiger partial charge in [0.15, 0.2) is 17.3 Å². The molecule has 8 nitrogen and oxygen atoms in total. The number of aliphatic hydroxyl groups is 1.